The van der Waals surface area contributed by atoms with Gasteiger partial charge in [0.1, 0.15) is 6.61 Å². The van der Waals surface area contributed by atoms with Crippen molar-refractivity contribution in [3.05, 3.63) is 0 Å². The number of anilines is 1. The van der Waals surface area contributed by atoms with Gasteiger partial charge in [0.2, 0.25) is 11.7 Å². The highest BCUT2D eigenvalue weighted by atomic mass is 32.1. The van der Waals surface area contributed by atoms with Gasteiger partial charge in [0.05, 0.1) is 31.5 Å². The molecule has 32 heavy (non-hydrogen) atoms. The Morgan fingerprint density at radius 1 is 1.16 bits per heavy atom. The van der Waals surface area contributed by atoms with E-state index in [1.807, 2.05) is 25.7 Å². The van der Waals surface area contributed by atoms with Crippen molar-refractivity contribution in [1.82, 2.24) is 13.6 Å². The Kier molecular flexibility index (Phi) is 9.20. The van der Waals surface area contributed by atoms with Gasteiger partial charge in [-0.1, -0.05) is 0 Å². The smallest absolute Gasteiger partial charge is 0.347 e. The number of aromatic nitrogens is 2. The molecule has 12 heteroatoms. The van der Waals surface area contributed by atoms with E-state index in [2.05, 4.69) is 8.75 Å². The van der Waals surface area contributed by atoms with E-state index in [4.69, 9.17) is 18.9 Å². The van der Waals surface area contributed by atoms with Crippen molar-refractivity contribution in [2.75, 3.05) is 44.4 Å². The first-order valence-electron chi connectivity index (χ1n) is 10.4. The Balaban J connectivity index is 2.13. The Bertz CT molecular complexity index is 789. The van der Waals surface area contributed by atoms with Crippen LogP contribution < -0.4 is 9.64 Å². The molecule has 2 rings (SSSR count). The van der Waals surface area contributed by atoms with Crippen molar-refractivity contribution in [2.24, 2.45) is 0 Å². The van der Waals surface area contributed by atoms with Gasteiger partial charge in [-0.05, 0) is 27.7 Å². The quantitative estimate of drug-likeness (QED) is 0.486. The van der Waals surface area contributed by atoms with Crippen molar-refractivity contribution in [1.29, 1.82) is 0 Å². The van der Waals surface area contributed by atoms with Gasteiger partial charge in [-0.15, -0.1) is 4.37 Å². The second-order valence-electron chi connectivity index (χ2n) is 8.41. The summed E-state index contributed by atoms with van der Waals surface area (Å²) in [7, 11) is 0. The molecule has 11 nitrogen and oxygen atoms in total. The van der Waals surface area contributed by atoms with Crippen LogP contribution in [0.25, 0.3) is 0 Å². The Morgan fingerprint density at radius 2 is 1.81 bits per heavy atom. The van der Waals surface area contributed by atoms with Crippen LogP contribution in [0.5, 0.6) is 5.88 Å². The fourth-order valence-corrected chi connectivity index (χ4v) is 3.69. The first-order valence-corrected chi connectivity index (χ1v) is 11.2. The maximum absolute atomic E-state index is 12.5. The summed E-state index contributed by atoms with van der Waals surface area (Å²) in [5.41, 5.74) is -0.501. The Hall–Kier alpha value is -2.47. The van der Waals surface area contributed by atoms with Crippen molar-refractivity contribution in [2.45, 2.75) is 59.3 Å². The van der Waals surface area contributed by atoms with E-state index in [0.29, 0.717) is 38.0 Å². The minimum absolute atomic E-state index is 0.0544. The largest absolute Gasteiger partial charge is 0.470 e. The number of esters is 2. The van der Waals surface area contributed by atoms with Crippen LogP contribution in [-0.2, 0) is 28.6 Å². The van der Waals surface area contributed by atoms with Gasteiger partial charge in [-0.2, -0.15) is 4.37 Å². The number of nitrogens with zero attached hydrogens (tertiary/aromatic N) is 4. The van der Waals surface area contributed by atoms with E-state index in [1.165, 1.54) is 20.8 Å². The first kappa shape index (κ1) is 25.8. The van der Waals surface area contributed by atoms with Gasteiger partial charge in [-0.25, -0.2) is 4.79 Å². The average Bonchev–Trinajstić information content (AvgIpc) is 3.17. The number of hydrogen-bond acceptors (Lipinski definition) is 11. The summed E-state index contributed by atoms with van der Waals surface area (Å²) < 4.78 is 30.2. The maximum Gasteiger partial charge on any atom is 0.347 e. The van der Waals surface area contributed by atoms with Crippen LogP contribution in [0.2, 0.25) is 0 Å². The summed E-state index contributed by atoms with van der Waals surface area (Å²) in [6.45, 7) is 12.3. The molecule has 1 aliphatic heterocycles. The van der Waals surface area contributed by atoms with Crippen LogP contribution in [0.1, 0.15) is 41.5 Å². The molecule has 1 amide bonds. The number of ether oxygens (including phenoxy) is 4. The standard InChI is InChI=1S/C20H32N4O7S/c1-13(30-15(3)26)19(27)31-16(11-24(14(2)25)20(4,5)6)12-29-18-17(21-32-22-18)23-7-9-28-10-8-23/h13,16H,7-12H2,1-6H3/t13-,16-/m0/s1. The minimum atomic E-state index is -1.08. The SMILES string of the molecule is CC(=O)O[C@@H](C)C(=O)O[C@H](COc1nsnc1N1CCOCC1)CN(C(C)=O)C(C)(C)C. The van der Waals surface area contributed by atoms with Crippen LogP contribution in [0.3, 0.4) is 0 Å². The molecular weight excluding hydrogens is 440 g/mol. The lowest BCUT2D eigenvalue weighted by molar-refractivity contribution is -0.172. The number of carbonyl (C=O) groups is 3. The highest BCUT2D eigenvalue weighted by molar-refractivity contribution is 6.99. The number of hydrogen-bond donors (Lipinski definition) is 0. The molecule has 1 fully saturated rings. The molecule has 0 N–H and O–H groups in total. The fraction of sp³-hybridized carbons (Fsp3) is 0.750. The van der Waals surface area contributed by atoms with Crippen LogP contribution in [-0.4, -0.2) is 88.7 Å². The predicted octanol–water partition coefficient (Wildman–Crippen LogP) is 1.26. The van der Waals surface area contributed by atoms with Gasteiger partial charge in [0.15, 0.2) is 12.2 Å². The highest BCUT2D eigenvalue weighted by Crippen LogP contribution is 2.27. The monoisotopic (exact) mass is 472 g/mol. The lowest BCUT2D eigenvalue weighted by Gasteiger charge is -2.37. The zero-order chi connectivity index (χ0) is 23.9. The molecule has 180 valence electrons. The van der Waals surface area contributed by atoms with Crippen LogP contribution in [0.4, 0.5) is 5.82 Å². The molecule has 0 saturated carbocycles. The number of morpholine rings is 1. The van der Waals surface area contributed by atoms with Gasteiger partial charge >= 0.3 is 11.9 Å². The third-order valence-corrected chi connectivity index (χ3v) is 5.19. The number of amides is 1. The van der Waals surface area contributed by atoms with Crippen molar-refractivity contribution in [3.63, 3.8) is 0 Å². The van der Waals surface area contributed by atoms with Crippen LogP contribution in [0.15, 0.2) is 0 Å². The number of carbonyl (C=O) groups excluding carboxylic acids is 3. The topological polar surface area (TPSA) is 120 Å². The van der Waals surface area contributed by atoms with Crippen molar-refractivity contribution < 1.29 is 33.3 Å². The second-order valence-corrected chi connectivity index (χ2v) is 8.94. The van der Waals surface area contributed by atoms with Gasteiger partial charge in [0.25, 0.3) is 5.88 Å². The molecule has 1 aromatic rings. The molecule has 0 aromatic carbocycles. The van der Waals surface area contributed by atoms with Gasteiger partial charge in [0, 0.05) is 32.5 Å². The molecule has 2 heterocycles. The summed E-state index contributed by atoms with van der Waals surface area (Å²) in [4.78, 5) is 39.5. The van der Waals surface area contributed by atoms with Gasteiger partial charge in [-0.3, -0.25) is 9.59 Å². The molecule has 0 aliphatic carbocycles. The minimum Gasteiger partial charge on any atom is -0.470 e. The average molecular weight is 473 g/mol. The van der Waals surface area contributed by atoms with E-state index >= 15 is 0 Å². The lowest BCUT2D eigenvalue weighted by Crippen LogP contribution is -2.50. The maximum atomic E-state index is 12.5. The van der Waals surface area contributed by atoms with E-state index in [-0.39, 0.29) is 19.1 Å². The van der Waals surface area contributed by atoms with Crippen molar-refractivity contribution in [3.8, 4) is 5.88 Å². The molecule has 0 bridgehead atoms. The predicted molar refractivity (Wildman–Crippen MR) is 117 cm³/mol. The molecule has 1 aromatic heterocycles. The summed E-state index contributed by atoms with van der Waals surface area (Å²) >= 11 is 1.02. The highest BCUT2D eigenvalue weighted by Gasteiger charge is 2.31. The summed E-state index contributed by atoms with van der Waals surface area (Å²) in [5.74, 6) is -0.551. The summed E-state index contributed by atoms with van der Waals surface area (Å²) in [6.07, 6.45) is -1.90. The van der Waals surface area contributed by atoms with Crippen LogP contribution >= 0.6 is 11.7 Å². The number of rotatable bonds is 9. The second kappa shape index (κ2) is 11.4. The van der Waals surface area contributed by atoms with Crippen LogP contribution in [0, 0.1) is 0 Å². The molecule has 2 atom stereocenters. The van der Waals surface area contributed by atoms with E-state index < -0.39 is 29.7 Å². The van der Waals surface area contributed by atoms with Crippen molar-refractivity contribution >= 4 is 35.4 Å². The normalized spacial score (nSPS) is 16.1. The summed E-state index contributed by atoms with van der Waals surface area (Å²) in [6, 6.07) is 0. The zero-order valence-corrected chi connectivity index (χ0v) is 20.3. The molecule has 1 saturated heterocycles. The molecule has 0 spiro atoms. The van der Waals surface area contributed by atoms with E-state index in [9.17, 15) is 14.4 Å². The molecule has 0 unspecified atom stereocenters. The first-order chi connectivity index (χ1) is 15.0. The molecule has 1 aliphatic rings. The van der Waals surface area contributed by atoms with E-state index in [1.54, 1.807) is 4.90 Å². The zero-order valence-electron chi connectivity index (χ0n) is 19.5. The Labute approximate surface area is 192 Å². The summed E-state index contributed by atoms with van der Waals surface area (Å²) in [5, 5.41) is 0. The fourth-order valence-electron chi connectivity index (χ4n) is 3.17. The lowest BCUT2D eigenvalue weighted by atomic mass is 10.1. The third kappa shape index (κ3) is 7.59. The third-order valence-electron chi connectivity index (χ3n) is 4.69. The molecular formula is C20H32N4O7S. The molecule has 0 radical (unpaired) electrons. The Morgan fingerprint density at radius 3 is 2.38 bits per heavy atom. The van der Waals surface area contributed by atoms with E-state index in [0.717, 1.165) is 11.7 Å². The van der Waals surface area contributed by atoms with Gasteiger partial charge < -0.3 is 28.7 Å².